The molecular formula is C33H38N8O3. The highest BCUT2D eigenvalue weighted by atomic mass is 16.2. The van der Waals surface area contributed by atoms with E-state index in [1.165, 1.54) is 0 Å². The van der Waals surface area contributed by atoms with Gasteiger partial charge in [0.05, 0.1) is 0 Å². The third kappa shape index (κ3) is 7.54. The first-order valence-electron chi connectivity index (χ1n) is 14.9. The largest absolute Gasteiger partial charge is 0.345 e. The quantitative estimate of drug-likeness (QED) is 0.218. The van der Waals surface area contributed by atoms with Crippen molar-refractivity contribution in [3.8, 4) is 22.5 Å². The second-order valence-corrected chi connectivity index (χ2v) is 11.5. The van der Waals surface area contributed by atoms with Crippen molar-refractivity contribution >= 4 is 23.4 Å². The summed E-state index contributed by atoms with van der Waals surface area (Å²) in [4.78, 5) is 41.1. The molecule has 0 radical (unpaired) electrons. The Hall–Kier alpha value is -4.90. The molecule has 1 unspecified atom stereocenters. The van der Waals surface area contributed by atoms with Gasteiger partial charge in [0.15, 0.2) is 0 Å². The van der Waals surface area contributed by atoms with Crippen LogP contribution in [0, 0.1) is 11.8 Å². The molecule has 1 aromatic heterocycles. The number of benzene rings is 3. The molecular weight excluding hydrogens is 556 g/mol. The number of H-pyrrole nitrogens is 1. The SMILES string of the molecule is CN(C)C(=O)c1cccc(-c2cccc(CC(NC(=O)C3CCC(CN)CC3)C(=O)Nc3ccc(-c4nn[nH]n4)cc3)c2)c1. The lowest BCUT2D eigenvalue weighted by Gasteiger charge is -2.28. The zero-order chi connectivity index (χ0) is 31.1. The Morgan fingerprint density at radius 2 is 1.64 bits per heavy atom. The van der Waals surface area contributed by atoms with Gasteiger partial charge in [-0.15, -0.1) is 10.2 Å². The van der Waals surface area contributed by atoms with E-state index in [0.29, 0.717) is 36.0 Å². The van der Waals surface area contributed by atoms with Gasteiger partial charge in [0, 0.05) is 43.2 Å². The maximum Gasteiger partial charge on any atom is 0.253 e. The number of nitrogens with zero attached hydrogens (tertiary/aromatic N) is 4. The lowest BCUT2D eigenvalue weighted by molar-refractivity contribution is -0.130. The van der Waals surface area contributed by atoms with Crippen LogP contribution in [0.25, 0.3) is 22.5 Å². The van der Waals surface area contributed by atoms with Crippen LogP contribution in [-0.4, -0.2) is 69.9 Å². The van der Waals surface area contributed by atoms with Crippen LogP contribution in [0.3, 0.4) is 0 Å². The molecule has 1 aliphatic rings. The number of aromatic amines is 1. The van der Waals surface area contributed by atoms with Crippen molar-refractivity contribution < 1.29 is 14.4 Å². The standard InChI is InChI=1S/C33H38N8O3/c1-41(2)33(44)27-8-4-7-26(19-27)25-6-3-5-22(17-25)18-29(36-31(42)24-11-9-21(20-34)10-12-24)32(43)35-28-15-13-23(14-16-28)30-37-39-40-38-30/h3-8,13-17,19,21,24,29H,9-12,18,20,34H2,1-2H3,(H,35,43)(H,36,42)(H,37,38,39,40). The predicted molar refractivity (Wildman–Crippen MR) is 168 cm³/mol. The number of aromatic nitrogens is 4. The number of nitrogens with two attached hydrogens (primary N) is 1. The molecule has 0 aliphatic heterocycles. The molecule has 11 nitrogen and oxygen atoms in total. The van der Waals surface area contributed by atoms with Gasteiger partial charge in [0.1, 0.15) is 6.04 Å². The summed E-state index contributed by atoms with van der Waals surface area (Å²) in [5.74, 6) is 0.250. The number of carbonyl (C=O) groups is 3. The molecule has 1 fully saturated rings. The second-order valence-electron chi connectivity index (χ2n) is 11.5. The minimum atomic E-state index is -0.802. The number of anilines is 1. The third-order valence-corrected chi connectivity index (χ3v) is 8.16. The fourth-order valence-electron chi connectivity index (χ4n) is 5.58. The predicted octanol–water partition coefficient (Wildman–Crippen LogP) is 3.67. The van der Waals surface area contributed by atoms with Crippen LogP contribution in [0.5, 0.6) is 0 Å². The molecule has 5 rings (SSSR count). The Labute approximate surface area is 256 Å². The molecule has 3 amide bonds. The lowest BCUT2D eigenvalue weighted by Crippen LogP contribution is -2.48. The Bertz CT molecular complexity index is 1580. The maximum absolute atomic E-state index is 13.7. The number of hydrogen-bond acceptors (Lipinski definition) is 7. The average Bonchev–Trinajstić information content (AvgIpc) is 3.60. The molecule has 0 spiro atoms. The molecule has 44 heavy (non-hydrogen) atoms. The van der Waals surface area contributed by atoms with E-state index in [2.05, 4.69) is 31.3 Å². The fourth-order valence-corrected chi connectivity index (χ4v) is 5.58. The van der Waals surface area contributed by atoms with Crippen LogP contribution in [0.4, 0.5) is 5.69 Å². The minimum Gasteiger partial charge on any atom is -0.345 e. The fraction of sp³-hybridized carbons (Fsp3) is 0.333. The van der Waals surface area contributed by atoms with E-state index in [4.69, 9.17) is 5.73 Å². The summed E-state index contributed by atoms with van der Waals surface area (Å²) in [5.41, 5.74) is 10.5. The van der Waals surface area contributed by atoms with Crippen LogP contribution in [0.2, 0.25) is 0 Å². The highest BCUT2D eigenvalue weighted by Crippen LogP contribution is 2.29. The molecule has 1 saturated carbocycles. The normalized spacial score (nSPS) is 17.0. The van der Waals surface area contributed by atoms with Gasteiger partial charge in [-0.2, -0.15) is 5.21 Å². The first-order chi connectivity index (χ1) is 21.3. The van der Waals surface area contributed by atoms with Crippen LogP contribution in [0.1, 0.15) is 41.6 Å². The van der Waals surface area contributed by atoms with Crippen molar-refractivity contribution in [1.82, 2.24) is 30.8 Å². The van der Waals surface area contributed by atoms with Crippen LogP contribution in [-0.2, 0) is 16.0 Å². The summed E-state index contributed by atoms with van der Waals surface area (Å²) in [6.07, 6.45) is 3.64. The monoisotopic (exact) mass is 594 g/mol. The summed E-state index contributed by atoms with van der Waals surface area (Å²) >= 11 is 0. The Kier molecular flexibility index (Phi) is 9.75. The Morgan fingerprint density at radius 1 is 0.932 bits per heavy atom. The molecule has 0 saturated heterocycles. The van der Waals surface area contributed by atoms with Crippen LogP contribution < -0.4 is 16.4 Å². The maximum atomic E-state index is 13.7. The first kappa shape index (κ1) is 30.6. The summed E-state index contributed by atoms with van der Waals surface area (Å²) in [6.45, 7) is 0.632. The van der Waals surface area contributed by atoms with E-state index >= 15 is 0 Å². The highest BCUT2D eigenvalue weighted by Gasteiger charge is 2.29. The van der Waals surface area contributed by atoms with Crippen molar-refractivity contribution in [3.05, 3.63) is 83.9 Å². The van der Waals surface area contributed by atoms with Crippen LogP contribution >= 0.6 is 0 Å². The molecule has 1 atom stereocenters. The third-order valence-electron chi connectivity index (χ3n) is 8.16. The second kappa shape index (κ2) is 14.0. The number of hydrogen-bond donors (Lipinski definition) is 4. The minimum absolute atomic E-state index is 0.0757. The van der Waals surface area contributed by atoms with Crippen molar-refractivity contribution in [2.75, 3.05) is 26.0 Å². The van der Waals surface area contributed by atoms with E-state index in [1.54, 1.807) is 49.3 Å². The van der Waals surface area contributed by atoms with E-state index in [1.807, 2.05) is 42.5 Å². The Balaban J connectivity index is 1.35. The number of carbonyl (C=O) groups excluding carboxylic acids is 3. The average molecular weight is 595 g/mol. The van der Waals surface area contributed by atoms with E-state index in [0.717, 1.165) is 47.9 Å². The van der Waals surface area contributed by atoms with Gasteiger partial charge in [0.2, 0.25) is 17.6 Å². The summed E-state index contributed by atoms with van der Waals surface area (Å²) in [7, 11) is 3.45. The number of nitrogens with one attached hydrogen (secondary N) is 3. The van der Waals surface area contributed by atoms with Crippen molar-refractivity contribution in [2.24, 2.45) is 17.6 Å². The van der Waals surface area contributed by atoms with Crippen molar-refractivity contribution in [2.45, 2.75) is 38.1 Å². The first-order valence-corrected chi connectivity index (χ1v) is 14.9. The topological polar surface area (TPSA) is 159 Å². The summed E-state index contributed by atoms with van der Waals surface area (Å²) in [5, 5.41) is 20.0. The molecule has 1 aliphatic carbocycles. The smallest absolute Gasteiger partial charge is 0.253 e. The molecule has 5 N–H and O–H groups in total. The molecule has 11 heteroatoms. The van der Waals surface area contributed by atoms with E-state index < -0.39 is 6.04 Å². The number of rotatable bonds is 10. The van der Waals surface area contributed by atoms with Gasteiger partial charge in [-0.3, -0.25) is 14.4 Å². The van der Waals surface area contributed by atoms with Crippen molar-refractivity contribution in [1.29, 1.82) is 0 Å². The van der Waals surface area contributed by atoms with Gasteiger partial charge in [-0.25, -0.2) is 0 Å². The number of amides is 3. The molecule has 4 aromatic rings. The highest BCUT2D eigenvalue weighted by molar-refractivity contribution is 5.98. The zero-order valence-electron chi connectivity index (χ0n) is 25.0. The zero-order valence-corrected chi connectivity index (χ0v) is 25.0. The summed E-state index contributed by atoms with van der Waals surface area (Å²) in [6, 6.07) is 21.6. The molecule has 3 aromatic carbocycles. The van der Waals surface area contributed by atoms with Gasteiger partial charge in [0.25, 0.3) is 5.91 Å². The van der Waals surface area contributed by atoms with Crippen LogP contribution in [0.15, 0.2) is 72.8 Å². The molecule has 1 heterocycles. The molecule has 0 bridgehead atoms. The van der Waals surface area contributed by atoms with Gasteiger partial charge in [-0.1, -0.05) is 36.4 Å². The summed E-state index contributed by atoms with van der Waals surface area (Å²) < 4.78 is 0. The van der Waals surface area contributed by atoms with Crippen molar-refractivity contribution in [3.63, 3.8) is 0 Å². The Morgan fingerprint density at radius 3 is 2.30 bits per heavy atom. The van der Waals surface area contributed by atoms with E-state index in [-0.39, 0.29) is 23.6 Å². The van der Waals surface area contributed by atoms with Gasteiger partial charge >= 0.3 is 0 Å². The van der Waals surface area contributed by atoms with Gasteiger partial charge < -0.3 is 21.3 Å². The van der Waals surface area contributed by atoms with Gasteiger partial charge in [-0.05, 0) is 96.4 Å². The lowest BCUT2D eigenvalue weighted by atomic mass is 9.81. The number of tetrazole rings is 1. The van der Waals surface area contributed by atoms with E-state index in [9.17, 15) is 14.4 Å². The molecule has 228 valence electrons.